The second kappa shape index (κ2) is 8.20. The van der Waals surface area contributed by atoms with E-state index < -0.39 is 4.92 Å². The Balaban J connectivity index is 1.30. The molecule has 0 saturated carbocycles. The number of piperazine rings is 1. The summed E-state index contributed by atoms with van der Waals surface area (Å²) in [7, 11) is 0. The van der Waals surface area contributed by atoms with Gasteiger partial charge in [0.25, 0.3) is 5.69 Å². The number of fused-ring (bicyclic) bond motifs is 1. The van der Waals surface area contributed by atoms with Crippen LogP contribution in [-0.4, -0.2) is 47.8 Å². The number of rotatable bonds is 5. The van der Waals surface area contributed by atoms with Crippen LogP contribution in [0.1, 0.15) is 11.3 Å². The van der Waals surface area contributed by atoms with Gasteiger partial charge >= 0.3 is 0 Å². The van der Waals surface area contributed by atoms with E-state index in [4.69, 9.17) is 13.9 Å². The van der Waals surface area contributed by atoms with Crippen LogP contribution in [0, 0.1) is 21.4 Å². The number of para-hydroxylation sites is 1. The van der Waals surface area contributed by atoms with Crippen molar-refractivity contribution in [3.8, 4) is 29.0 Å². The van der Waals surface area contributed by atoms with Crippen molar-refractivity contribution >= 4 is 11.6 Å². The zero-order chi connectivity index (χ0) is 22.1. The van der Waals surface area contributed by atoms with Gasteiger partial charge in [-0.2, -0.15) is 10.2 Å². The van der Waals surface area contributed by atoms with Gasteiger partial charge in [-0.15, -0.1) is 0 Å². The van der Waals surface area contributed by atoms with Gasteiger partial charge in [0.2, 0.25) is 24.3 Å². The highest BCUT2D eigenvalue weighted by molar-refractivity contribution is 5.69. The Morgan fingerprint density at radius 3 is 2.66 bits per heavy atom. The van der Waals surface area contributed by atoms with Crippen LogP contribution in [0.3, 0.4) is 0 Å². The number of nitrogens with zero attached hydrogens (tertiary/aromatic N) is 5. The van der Waals surface area contributed by atoms with Gasteiger partial charge in [0.05, 0.1) is 4.92 Å². The first-order chi connectivity index (χ1) is 15.6. The van der Waals surface area contributed by atoms with E-state index in [1.165, 1.54) is 6.07 Å². The van der Waals surface area contributed by atoms with Gasteiger partial charge in [-0.25, -0.2) is 0 Å². The highest BCUT2D eigenvalue weighted by Gasteiger charge is 2.27. The molecule has 0 aliphatic carbocycles. The quantitative estimate of drug-likeness (QED) is 0.441. The number of nitro benzene ring substituents is 1. The first-order valence-electron chi connectivity index (χ1n) is 10.1. The average molecular weight is 433 g/mol. The number of nitro groups is 1. The van der Waals surface area contributed by atoms with E-state index in [0.717, 1.165) is 36.7 Å². The molecule has 0 bridgehead atoms. The second-order valence-corrected chi connectivity index (χ2v) is 7.51. The molecular formula is C22H19N5O5. The van der Waals surface area contributed by atoms with Crippen LogP contribution in [0.5, 0.6) is 11.5 Å². The molecule has 162 valence electrons. The van der Waals surface area contributed by atoms with Gasteiger partial charge in [-0.05, 0) is 23.8 Å². The molecule has 2 aromatic carbocycles. The molecule has 1 aromatic heterocycles. The molecular weight excluding hydrogens is 414 g/mol. The standard InChI is InChI=1S/C22H19N5O5/c23-12-17-22(32-21(24-17)16-3-1-2-4-18(16)27(28)29)26-9-7-25(8-10-26)13-15-5-6-19-20(11-15)31-14-30-19/h1-6,11H,7-10,13-14H2. The minimum absolute atomic E-state index is 0.0756. The number of benzene rings is 2. The van der Waals surface area contributed by atoms with Crippen molar-refractivity contribution in [3.05, 3.63) is 63.8 Å². The molecule has 1 fully saturated rings. The average Bonchev–Trinajstić information content (AvgIpc) is 3.46. The van der Waals surface area contributed by atoms with Crippen molar-refractivity contribution < 1.29 is 18.8 Å². The van der Waals surface area contributed by atoms with Crippen molar-refractivity contribution in [2.24, 2.45) is 0 Å². The molecule has 2 aliphatic heterocycles. The van der Waals surface area contributed by atoms with Gasteiger partial charge < -0.3 is 18.8 Å². The highest BCUT2D eigenvalue weighted by atomic mass is 16.7. The summed E-state index contributed by atoms with van der Waals surface area (Å²) in [4.78, 5) is 19.3. The van der Waals surface area contributed by atoms with Crippen molar-refractivity contribution in [1.82, 2.24) is 9.88 Å². The topological polar surface area (TPSA) is 118 Å². The van der Waals surface area contributed by atoms with Crippen LogP contribution in [0.25, 0.3) is 11.5 Å². The van der Waals surface area contributed by atoms with Gasteiger partial charge in [-0.3, -0.25) is 15.0 Å². The first kappa shape index (κ1) is 19.8. The molecule has 1 saturated heterocycles. The highest BCUT2D eigenvalue weighted by Crippen LogP contribution is 2.35. The smallest absolute Gasteiger partial charge is 0.282 e. The molecule has 0 radical (unpaired) electrons. The molecule has 3 aromatic rings. The maximum absolute atomic E-state index is 11.3. The number of anilines is 1. The third-order valence-electron chi connectivity index (χ3n) is 5.55. The van der Waals surface area contributed by atoms with Crippen molar-refractivity contribution in [2.45, 2.75) is 6.54 Å². The van der Waals surface area contributed by atoms with Crippen molar-refractivity contribution in [2.75, 3.05) is 37.9 Å². The van der Waals surface area contributed by atoms with E-state index in [-0.39, 0.29) is 29.6 Å². The molecule has 0 spiro atoms. The molecule has 10 heteroatoms. The molecule has 32 heavy (non-hydrogen) atoms. The molecule has 5 rings (SSSR count). The van der Waals surface area contributed by atoms with E-state index in [1.54, 1.807) is 18.2 Å². The number of aromatic nitrogens is 1. The Bertz CT molecular complexity index is 1210. The predicted molar refractivity (Wildman–Crippen MR) is 113 cm³/mol. The van der Waals surface area contributed by atoms with Gasteiger partial charge in [0, 0.05) is 38.8 Å². The lowest BCUT2D eigenvalue weighted by Gasteiger charge is -2.34. The van der Waals surface area contributed by atoms with Crippen molar-refractivity contribution in [1.29, 1.82) is 5.26 Å². The zero-order valence-corrected chi connectivity index (χ0v) is 17.1. The van der Waals surface area contributed by atoms with Gasteiger partial charge in [0.15, 0.2) is 11.5 Å². The fourth-order valence-corrected chi connectivity index (χ4v) is 3.93. The summed E-state index contributed by atoms with van der Waals surface area (Å²) in [5, 5.41) is 20.9. The molecule has 0 atom stereocenters. The molecule has 0 N–H and O–H groups in total. The van der Waals surface area contributed by atoms with Gasteiger partial charge in [-0.1, -0.05) is 18.2 Å². The summed E-state index contributed by atoms with van der Waals surface area (Å²) in [6, 6.07) is 14.2. The molecule has 10 nitrogen and oxygen atoms in total. The van der Waals surface area contributed by atoms with Crippen LogP contribution < -0.4 is 14.4 Å². The monoisotopic (exact) mass is 433 g/mol. The summed E-state index contributed by atoms with van der Waals surface area (Å²) in [6.07, 6.45) is 0. The lowest BCUT2D eigenvalue weighted by Crippen LogP contribution is -2.46. The lowest BCUT2D eigenvalue weighted by atomic mass is 10.1. The Hall–Kier alpha value is -4.10. The molecule has 2 aliphatic rings. The molecule has 0 amide bonds. The van der Waals surface area contributed by atoms with Crippen LogP contribution in [-0.2, 0) is 6.54 Å². The van der Waals surface area contributed by atoms with Crippen molar-refractivity contribution in [3.63, 3.8) is 0 Å². The van der Waals surface area contributed by atoms with Gasteiger partial charge in [0.1, 0.15) is 11.6 Å². The maximum Gasteiger partial charge on any atom is 0.282 e. The molecule has 3 heterocycles. The normalized spacial score (nSPS) is 15.5. The van der Waals surface area contributed by atoms with Crippen LogP contribution in [0.15, 0.2) is 46.9 Å². The van der Waals surface area contributed by atoms with Crippen LogP contribution in [0.4, 0.5) is 11.6 Å². The Kier molecular flexibility index (Phi) is 5.09. The minimum atomic E-state index is -0.486. The summed E-state index contributed by atoms with van der Waals surface area (Å²) in [5.41, 5.74) is 1.40. The summed E-state index contributed by atoms with van der Waals surface area (Å²) in [6.45, 7) is 3.84. The maximum atomic E-state index is 11.3. The fourth-order valence-electron chi connectivity index (χ4n) is 3.93. The fraction of sp³-hybridized carbons (Fsp3) is 0.273. The lowest BCUT2D eigenvalue weighted by molar-refractivity contribution is -0.384. The predicted octanol–water partition coefficient (Wildman–Crippen LogP) is 3.17. The number of oxazole rings is 1. The SMILES string of the molecule is N#Cc1nc(-c2ccccc2[N+](=O)[O-])oc1N1CCN(Cc2ccc3c(c2)OCO3)CC1. The van der Waals surface area contributed by atoms with E-state index in [0.29, 0.717) is 19.0 Å². The number of nitriles is 1. The Morgan fingerprint density at radius 1 is 1.09 bits per heavy atom. The van der Waals surface area contributed by atoms with Crippen LogP contribution in [0.2, 0.25) is 0 Å². The number of hydrogen-bond donors (Lipinski definition) is 0. The summed E-state index contributed by atoms with van der Waals surface area (Å²) >= 11 is 0. The number of ether oxygens (including phenoxy) is 2. The first-order valence-corrected chi connectivity index (χ1v) is 10.1. The Labute approximate surface area is 183 Å². The van der Waals surface area contributed by atoms with E-state index in [2.05, 4.69) is 16.0 Å². The third-order valence-corrected chi connectivity index (χ3v) is 5.55. The zero-order valence-electron chi connectivity index (χ0n) is 17.1. The summed E-state index contributed by atoms with van der Waals surface area (Å²) < 4.78 is 16.7. The second-order valence-electron chi connectivity index (χ2n) is 7.51. The largest absolute Gasteiger partial charge is 0.454 e. The summed E-state index contributed by atoms with van der Waals surface area (Å²) in [5.74, 6) is 1.96. The molecule has 0 unspecified atom stereocenters. The number of hydrogen-bond acceptors (Lipinski definition) is 9. The van der Waals surface area contributed by atoms with E-state index >= 15 is 0 Å². The minimum Gasteiger partial charge on any atom is -0.454 e. The van der Waals surface area contributed by atoms with E-state index in [1.807, 2.05) is 23.1 Å². The van der Waals surface area contributed by atoms with E-state index in [9.17, 15) is 15.4 Å². The Morgan fingerprint density at radius 2 is 1.88 bits per heavy atom. The third kappa shape index (κ3) is 3.70. The van der Waals surface area contributed by atoms with Crippen LogP contribution >= 0.6 is 0 Å².